The van der Waals surface area contributed by atoms with E-state index in [1.807, 2.05) is 48.5 Å². The minimum atomic E-state index is -1.95. The second-order valence-electron chi connectivity index (χ2n) is 8.04. The van der Waals surface area contributed by atoms with E-state index in [1.165, 1.54) is 11.8 Å². The summed E-state index contributed by atoms with van der Waals surface area (Å²) in [5.74, 6) is -1.92. The zero-order chi connectivity index (χ0) is 22.2. The smallest absolute Gasteiger partial charge is 0.407 e. The van der Waals surface area contributed by atoms with Gasteiger partial charge in [0.1, 0.15) is 12.6 Å². The molecular weight excluding hydrogens is 400 g/mol. The van der Waals surface area contributed by atoms with E-state index in [1.54, 1.807) is 0 Å². The van der Waals surface area contributed by atoms with Crippen molar-refractivity contribution in [3.63, 3.8) is 0 Å². The molecule has 31 heavy (non-hydrogen) atoms. The van der Waals surface area contributed by atoms with Crippen molar-refractivity contribution in [3.8, 4) is 11.1 Å². The summed E-state index contributed by atoms with van der Waals surface area (Å²) in [7, 11) is 0. The fraction of sp³-hybridized carbons (Fsp3) is 0.348. The Balaban J connectivity index is 1.36. The summed E-state index contributed by atoms with van der Waals surface area (Å²) in [5, 5.41) is 21.6. The number of carbonyl (C=O) groups excluding carboxylic acids is 2. The number of benzene rings is 2. The third kappa shape index (κ3) is 3.86. The first kappa shape index (κ1) is 20.9. The first-order chi connectivity index (χ1) is 14.8. The standard InChI is InChI=1S/C23H24N2O6/c1-14(20(26)25-11-10-23(30,13-25)21(27)28)24-22(29)31-12-19-17-8-4-2-6-15(17)16-7-3-5-9-18(16)19/h2-9,14,19,30H,10-13H2,1H3,(H,24,29)(H,27,28). The molecule has 0 bridgehead atoms. The quantitative estimate of drug-likeness (QED) is 0.676. The van der Waals surface area contributed by atoms with Crippen LogP contribution in [0.15, 0.2) is 48.5 Å². The number of hydrogen-bond acceptors (Lipinski definition) is 5. The van der Waals surface area contributed by atoms with Crippen molar-refractivity contribution in [3.05, 3.63) is 59.7 Å². The molecule has 162 valence electrons. The van der Waals surface area contributed by atoms with Gasteiger partial charge in [-0.2, -0.15) is 0 Å². The molecule has 2 atom stereocenters. The molecule has 2 aromatic rings. The van der Waals surface area contributed by atoms with Crippen molar-refractivity contribution in [2.45, 2.75) is 30.9 Å². The molecule has 8 nitrogen and oxygen atoms in total. The lowest BCUT2D eigenvalue weighted by atomic mass is 9.98. The van der Waals surface area contributed by atoms with Gasteiger partial charge in [-0.3, -0.25) is 4.79 Å². The number of β-amino-alcohol motifs (C(OH)–C–C–N with tert-alkyl or cyclic N) is 1. The number of nitrogens with zero attached hydrogens (tertiary/aromatic N) is 1. The van der Waals surface area contributed by atoms with Crippen molar-refractivity contribution < 1.29 is 29.3 Å². The Kier molecular flexibility index (Phi) is 5.41. The number of hydrogen-bond donors (Lipinski definition) is 3. The van der Waals surface area contributed by atoms with Gasteiger partial charge in [0.2, 0.25) is 5.91 Å². The molecule has 1 fully saturated rings. The fourth-order valence-electron chi connectivity index (χ4n) is 4.31. The number of amides is 2. The second-order valence-corrected chi connectivity index (χ2v) is 8.04. The van der Waals surface area contributed by atoms with Crippen molar-refractivity contribution in [2.75, 3.05) is 19.7 Å². The van der Waals surface area contributed by atoms with Crippen molar-refractivity contribution in [1.29, 1.82) is 0 Å². The number of fused-ring (bicyclic) bond motifs is 3. The Hall–Kier alpha value is -3.39. The lowest BCUT2D eigenvalue weighted by molar-refractivity contribution is -0.157. The molecule has 1 aliphatic heterocycles. The summed E-state index contributed by atoms with van der Waals surface area (Å²) in [6, 6.07) is 15.1. The van der Waals surface area contributed by atoms with Crippen LogP contribution in [0.25, 0.3) is 11.1 Å². The molecule has 0 spiro atoms. The lowest BCUT2D eigenvalue weighted by Gasteiger charge is -2.23. The van der Waals surface area contributed by atoms with Gasteiger partial charge in [0.05, 0.1) is 6.54 Å². The van der Waals surface area contributed by atoms with Gasteiger partial charge in [0.25, 0.3) is 0 Å². The number of aliphatic hydroxyl groups is 1. The lowest BCUT2D eigenvalue weighted by Crippen LogP contribution is -2.49. The average molecular weight is 424 g/mol. The zero-order valence-electron chi connectivity index (χ0n) is 17.1. The van der Waals surface area contributed by atoms with Gasteiger partial charge in [-0.05, 0) is 29.2 Å². The molecule has 8 heteroatoms. The molecule has 1 aliphatic carbocycles. The van der Waals surface area contributed by atoms with Crippen LogP contribution in [0.3, 0.4) is 0 Å². The Morgan fingerprint density at radius 1 is 1.13 bits per heavy atom. The van der Waals surface area contributed by atoms with Gasteiger partial charge in [-0.15, -0.1) is 0 Å². The van der Waals surface area contributed by atoms with E-state index < -0.39 is 29.6 Å². The van der Waals surface area contributed by atoms with Crippen molar-refractivity contribution >= 4 is 18.0 Å². The molecule has 0 aromatic heterocycles. The zero-order valence-corrected chi connectivity index (χ0v) is 17.1. The molecule has 0 radical (unpaired) electrons. The highest BCUT2D eigenvalue weighted by molar-refractivity contribution is 5.87. The first-order valence-electron chi connectivity index (χ1n) is 10.2. The third-order valence-corrected chi connectivity index (χ3v) is 6.01. The van der Waals surface area contributed by atoms with Gasteiger partial charge < -0.3 is 25.2 Å². The Bertz CT molecular complexity index is 993. The summed E-state index contributed by atoms with van der Waals surface area (Å²) in [4.78, 5) is 37.3. The number of aliphatic carboxylic acids is 1. The highest BCUT2D eigenvalue weighted by Crippen LogP contribution is 2.44. The van der Waals surface area contributed by atoms with E-state index in [9.17, 15) is 19.5 Å². The first-order valence-corrected chi connectivity index (χ1v) is 10.2. The topological polar surface area (TPSA) is 116 Å². The predicted octanol–water partition coefficient (Wildman–Crippen LogP) is 1.96. The minimum Gasteiger partial charge on any atom is -0.479 e. The SMILES string of the molecule is CC(NC(=O)OCC1c2ccccc2-c2ccccc21)C(=O)N1CCC(O)(C(=O)O)C1. The normalized spacial score (nSPS) is 20.6. The van der Waals surface area contributed by atoms with Gasteiger partial charge in [-0.1, -0.05) is 48.5 Å². The van der Waals surface area contributed by atoms with Crippen LogP contribution in [0.2, 0.25) is 0 Å². The fourth-order valence-corrected chi connectivity index (χ4v) is 4.31. The summed E-state index contributed by atoms with van der Waals surface area (Å²) < 4.78 is 5.44. The third-order valence-electron chi connectivity index (χ3n) is 6.01. The molecule has 2 unspecified atom stereocenters. The second kappa shape index (κ2) is 8.03. The molecule has 2 amide bonds. The van der Waals surface area contributed by atoms with E-state index in [0.717, 1.165) is 22.3 Å². The van der Waals surface area contributed by atoms with Gasteiger partial charge in [-0.25, -0.2) is 9.59 Å². The van der Waals surface area contributed by atoms with Crippen LogP contribution >= 0.6 is 0 Å². The van der Waals surface area contributed by atoms with E-state index in [0.29, 0.717) is 0 Å². The highest BCUT2D eigenvalue weighted by atomic mass is 16.5. The van der Waals surface area contributed by atoms with Gasteiger partial charge >= 0.3 is 12.1 Å². The highest BCUT2D eigenvalue weighted by Gasteiger charge is 2.45. The van der Waals surface area contributed by atoms with E-state index in [2.05, 4.69) is 5.32 Å². The molecule has 4 rings (SSSR count). The number of nitrogens with one attached hydrogen (secondary N) is 1. The van der Waals surface area contributed by atoms with Crippen LogP contribution in [0.5, 0.6) is 0 Å². The molecule has 1 heterocycles. The maximum absolute atomic E-state index is 12.5. The van der Waals surface area contributed by atoms with Gasteiger partial charge in [0, 0.05) is 18.9 Å². The monoisotopic (exact) mass is 424 g/mol. The summed E-state index contributed by atoms with van der Waals surface area (Å²) in [5.41, 5.74) is 2.47. The number of ether oxygens (including phenoxy) is 1. The molecule has 3 N–H and O–H groups in total. The van der Waals surface area contributed by atoms with E-state index in [-0.39, 0.29) is 32.0 Å². The summed E-state index contributed by atoms with van der Waals surface area (Å²) in [6.45, 7) is 1.43. The van der Waals surface area contributed by atoms with Gasteiger partial charge in [0.15, 0.2) is 5.60 Å². The number of carboxylic acid groups (broad SMARTS) is 1. The number of carboxylic acids is 1. The van der Waals surface area contributed by atoms with Crippen LogP contribution < -0.4 is 5.32 Å². The van der Waals surface area contributed by atoms with Crippen molar-refractivity contribution in [1.82, 2.24) is 10.2 Å². The van der Waals surface area contributed by atoms with Crippen molar-refractivity contribution in [2.24, 2.45) is 0 Å². The molecular formula is C23H24N2O6. The van der Waals surface area contributed by atoms with Crippen LogP contribution in [0, 0.1) is 0 Å². The molecule has 2 aromatic carbocycles. The van der Waals surface area contributed by atoms with Crippen LogP contribution in [-0.2, 0) is 14.3 Å². The minimum absolute atomic E-state index is 0.0499. The van der Waals surface area contributed by atoms with Crippen LogP contribution in [-0.4, -0.2) is 64.4 Å². The molecule has 0 saturated carbocycles. The summed E-state index contributed by atoms with van der Waals surface area (Å²) in [6.07, 6.45) is -0.776. The van der Waals surface area contributed by atoms with Crippen LogP contribution in [0.4, 0.5) is 4.79 Å². The van der Waals surface area contributed by atoms with Crippen LogP contribution in [0.1, 0.15) is 30.4 Å². The predicted molar refractivity (Wildman–Crippen MR) is 111 cm³/mol. The largest absolute Gasteiger partial charge is 0.479 e. The Labute approximate surface area is 179 Å². The molecule has 1 saturated heterocycles. The average Bonchev–Trinajstić information content (AvgIpc) is 3.31. The maximum atomic E-state index is 12.5. The number of rotatable bonds is 5. The van der Waals surface area contributed by atoms with E-state index in [4.69, 9.17) is 9.84 Å². The Morgan fingerprint density at radius 2 is 1.71 bits per heavy atom. The maximum Gasteiger partial charge on any atom is 0.407 e. The molecule has 2 aliphatic rings. The Morgan fingerprint density at radius 3 is 2.26 bits per heavy atom. The number of likely N-dealkylation sites (tertiary alicyclic amines) is 1. The number of alkyl carbamates (subject to hydrolysis) is 1. The van der Waals surface area contributed by atoms with E-state index >= 15 is 0 Å². The summed E-state index contributed by atoms with van der Waals surface area (Å²) >= 11 is 0. The number of carbonyl (C=O) groups is 3.